The maximum Gasteiger partial charge on any atom is 0.356 e. The number of amides is 1. The number of halogens is 3. The summed E-state index contributed by atoms with van der Waals surface area (Å²) in [5.74, 6) is -0.465. The van der Waals surface area contributed by atoms with Crippen molar-refractivity contribution >= 4 is 52.5 Å². The van der Waals surface area contributed by atoms with Crippen LogP contribution in [-0.2, 0) is 4.74 Å². The molecule has 1 saturated heterocycles. The number of rotatable bonds is 4. The molecule has 0 aliphatic carbocycles. The number of hydrogen-bond acceptors (Lipinski definition) is 6. The van der Waals surface area contributed by atoms with Gasteiger partial charge in [-0.3, -0.25) is 4.79 Å². The van der Waals surface area contributed by atoms with Crippen LogP contribution in [-0.4, -0.2) is 53.1 Å². The zero-order chi connectivity index (χ0) is 19.0. The van der Waals surface area contributed by atoms with Crippen LogP contribution in [0.2, 0.25) is 15.3 Å². The highest BCUT2D eigenvalue weighted by Gasteiger charge is 2.31. The number of methoxy groups -OCH3 is 1. The van der Waals surface area contributed by atoms with Crippen molar-refractivity contribution < 1.29 is 14.3 Å². The standard InChI is InChI=1S/C15H14Cl3N5O3/c1-6-10(16)11(17)12(19-6)13(24)20-7-4-23(5-7)9-3-8(14(25)26-2)21-15(18)22-9/h3,7,19H,4-5H2,1-2H3,(H,20,24). The van der Waals surface area contributed by atoms with E-state index in [0.29, 0.717) is 29.6 Å². The molecule has 1 amide bonds. The van der Waals surface area contributed by atoms with Crippen molar-refractivity contribution in [2.45, 2.75) is 13.0 Å². The van der Waals surface area contributed by atoms with E-state index in [4.69, 9.17) is 34.8 Å². The van der Waals surface area contributed by atoms with E-state index in [2.05, 4.69) is 25.0 Å². The monoisotopic (exact) mass is 417 g/mol. The first-order valence-corrected chi connectivity index (χ1v) is 8.65. The first kappa shape index (κ1) is 18.8. The number of nitrogens with one attached hydrogen (secondary N) is 2. The molecule has 1 fully saturated rings. The molecule has 2 N–H and O–H groups in total. The molecule has 26 heavy (non-hydrogen) atoms. The van der Waals surface area contributed by atoms with Gasteiger partial charge in [-0.2, -0.15) is 0 Å². The van der Waals surface area contributed by atoms with E-state index >= 15 is 0 Å². The van der Waals surface area contributed by atoms with Gasteiger partial charge in [0.2, 0.25) is 5.28 Å². The Morgan fingerprint density at radius 3 is 2.54 bits per heavy atom. The molecule has 0 atom stereocenters. The summed E-state index contributed by atoms with van der Waals surface area (Å²) in [4.78, 5) is 36.5. The number of esters is 1. The third-order valence-electron chi connectivity index (χ3n) is 3.90. The normalized spacial score (nSPS) is 14.1. The van der Waals surface area contributed by atoms with E-state index in [9.17, 15) is 9.59 Å². The largest absolute Gasteiger partial charge is 0.464 e. The van der Waals surface area contributed by atoms with Crippen LogP contribution >= 0.6 is 34.8 Å². The average Bonchev–Trinajstić information content (AvgIpc) is 2.83. The van der Waals surface area contributed by atoms with Crippen molar-refractivity contribution in [2.75, 3.05) is 25.1 Å². The van der Waals surface area contributed by atoms with Crippen LogP contribution in [0.15, 0.2) is 6.07 Å². The van der Waals surface area contributed by atoms with E-state index in [1.807, 2.05) is 4.90 Å². The van der Waals surface area contributed by atoms with E-state index in [1.165, 1.54) is 13.2 Å². The van der Waals surface area contributed by atoms with Crippen LogP contribution in [0.4, 0.5) is 5.82 Å². The quantitative estimate of drug-likeness (QED) is 0.584. The van der Waals surface area contributed by atoms with E-state index in [1.54, 1.807) is 6.92 Å². The summed E-state index contributed by atoms with van der Waals surface area (Å²) in [6, 6.07) is 1.37. The fraction of sp³-hybridized carbons (Fsp3) is 0.333. The molecular formula is C15H14Cl3N5O3. The number of anilines is 1. The molecule has 8 nitrogen and oxygen atoms in total. The summed E-state index contributed by atoms with van der Waals surface area (Å²) in [5.41, 5.74) is 0.923. The van der Waals surface area contributed by atoms with Crippen LogP contribution in [0.25, 0.3) is 0 Å². The lowest BCUT2D eigenvalue weighted by molar-refractivity contribution is 0.0593. The number of aryl methyl sites for hydroxylation is 1. The molecule has 0 bridgehead atoms. The lowest BCUT2D eigenvalue weighted by Crippen LogP contribution is -2.59. The fourth-order valence-electron chi connectivity index (χ4n) is 2.52. The molecule has 138 valence electrons. The van der Waals surface area contributed by atoms with Gasteiger partial charge in [0.25, 0.3) is 5.91 Å². The van der Waals surface area contributed by atoms with E-state index < -0.39 is 5.97 Å². The van der Waals surface area contributed by atoms with Gasteiger partial charge in [0.05, 0.1) is 23.2 Å². The van der Waals surface area contributed by atoms with Gasteiger partial charge in [0, 0.05) is 24.8 Å². The van der Waals surface area contributed by atoms with Gasteiger partial charge in [0.1, 0.15) is 11.5 Å². The number of ether oxygens (including phenoxy) is 1. The van der Waals surface area contributed by atoms with Crippen molar-refractivity contribution in [2.24, 2.45) is 0 Å². The van der Waals surface area contributed by atoms with E-state index in [-0.39, 0.29) is 33.6 Å². The van der Waals surface area contributed by atoms with Crippen LogP contribution in [0.1, 0.15) is 26.7 Å². The molecule has 0 radical (unpaired) electrons. The maximum absolute atomic E-state index is 12.3. The topological polar surface area (TPSA) is 100 Å². The highest BCUT2D eigenvalue weighted by molar-refractivity contribution is 6.44. The lowest BCUT2D eigenvalue weighted by atomic mass is 10.1. The first-order chi connectivity index (χ1) is 12.3. The van der Waals surface area contributed by atoms with E-state index in [0.717, 1.165) is 0 Å². The molecule has 3 rings (SSSR count). The molecule has 2 aromatic rings. The second-order valence-electron chi connectivity index (χ2n) is 5.70. The summed E-state index contributed by atoms with van der Waals surface area (Å²) in [6.45, 7) is 2.71. The van der Waals surface area contributed by atoms with Crippen molar-refractivity contribution in [1.29, 1.82) is 0 Å². The van der Waals surface area contributed by atoms with Gasteiger partial charge in [-0.1, -0.05) is 23.2 Å². The van der Waals surface area contributed by atoms with Crippen molar-refractivity contribution in [3.05, 3.63) is 38.5 Å². The van der Waals surface area contributed by atoms with Crippen molar-refractivity contribution in [1.82, 2.24) is 20.3 Å². The third-order valence-corrected chi connectivity index (χ3v) is 5.02. The Morgan fingerprint density at radius 2 is 1.96 bits per heavy atom. The number of H-pyrrole nitrogens is 1. The second-order valence-corrected chi connectivity index (χ2v) is 6.79. The Labute approximate surface area is 163 Å². The minimum atomic E-state index is -0.602. The minimum absolute atomic E-state index is 0.0568. The molecule has 1 aliphatic rings. The zero-order valence-electron chi connectivity index (χ0n) is 13.8. The first-order valence-electron chi connectivity index (χ1n) is 7.52. The van der Waals surface area contributed by atoms with Crippen molar-refractivity contribution in [3.8, 4) is 0 Å². The number of aromatic nitrogens is 3. The summed E-state index contributed by atoms with van der Waals surface area (Å²) in [5, 5.41) is 3.33. The Bertz CT molecular complexity index is 880. The smallest absolute Gasteiger partial charge is 0.356 e. The fourth-order valence-corrected chi connectivity index (χ4v) is 3.11. The minimum Gasteiger partial charge on any atom is -0.464 e. The molecule has 1 aliphatic heterocycles. The molecular weight excluding hydrogens is 405 g/mol. The van der Waals surface area contributed by atoms with Crippen LogP contribution in [0.3, 0.4) is 0 Å². The molecule has 2 aromatic heterocycles. The Kier molecular flexibility index (Phi) is 5.27. The third kappa shape index (κ3) is 3.58. The highest BCUT2D eigenvalue weighted by Crippen LogP contribution is 2.29. The van der Waals surface area contributed by atoms with Crippen LogP contribution in [0.5, 0.6) is 0 Å². The van der Waals surface area contributed by atoms with Crippen LogP contribution in [0, 0.1) is 6.92 Å². The highest BCUT2D eigenvalue weighted by atomic mass is 35.5. The summed E-state index contributed by atoms with van der Waals surface area (Å²) in [7, 11) is 1.26. The molecule has 3 heterocycles. The van der Waals surface area contributed by atoms with Gasteiger partial charge in [-0.25, -0.2) is 14.8 Å². The molecule has 0 saturated carbocycles. The van der Waals surface area contributed by atoms with Gasteiger partial charge < -0.3 is 19.9 Å². The number of hydrogen-bond donors (Lipinski definition) is 2. The zero-order valence-corrected chi connectivity index (χ0v) is 16.0. The number of carbonyl (C=O) groups is 2. The Hall–Kier alpha value is -2.03. The lowest BCUT2D eigenvalue weighted by Gasteiger charge is -2.40. The number of carbonyl (C=O) groups excluding carboxylic acids is 2. The van der Waals surface area contributed by atoms with Crippen LogP contribution < -0.4 is 10.2 Å². The summed E-state index contributed by atoms with van der Waals surface area (Å²) >= 11 is 17.9. The van der Waals surface area contributed by atoms with Crippen molar-refractivity contribution in [3.63, 3.8) is 0 Å². The number of nitrogens with zero attached hydrogens (tertiary/aromatic N) is 3. The van der Waals surface area contributed by atoms with Gasteiger partial charge >= 0.3 is 5.97 Å². The molecule has 0 spiro atoms. The second kappa shape index (κ2) is 7.30. The summed E-state index contributed by atoms with van der Waals surface area (Å²) in [6.07, 6.45) is 0. The van der Waals surface area contributed by atoms with Gasteiger partial charge in [-0.05, 0) is 18.5 Å². The average molecular weight is 419 g/mol. The Morgan fingerprint density at radius 1 is 1.27 bits per heavy atom. The predicted molar refractivity (Wildman–Crippen MR) is 97.4 cm³/mol. The molecule has 11 heteroatoms. The van der Waals surface area contributed by atoms with Gasteiger partial charge in [-0.15, -0.1) is 0 Å². The predicted octanol–water partition coefficient (Wildman–Crippen LogP) is 2.48. The summed E-state index contributed by atoms with van der Waals surface area (Å²) < 4.78 is 4.63. The number of aromatic amines is 1. The SMILES string of the molecule is COC(=O)c1cc(N2CC(NC(=O)c3[nH]c(C)c(Cl)c3Cl)C2)nc(Cl)n1. The Balaban J connectivity index is 1.64. The molecule has 0 aromatic carbocycles. The maximum atomic E-state index is 12.3. The molecule has 0 unspecified atom stereocenters. The van der Waals surface area contributed by atoms with Gasteiger partial charge in [0.15, 0.2) is 5.69 Å².